The Hall–Kier alpha value is -1.49. The molecule has 2 aromatic carbocycles. The summed E-state index contributed by atoms with van der Waals surface area (Å²) < 4.78 is 4.78. The predicted octanol–water partition coefficient (Wildman–Crippen LogP) is 2.36. The summed E-state index contributed by atoms with van der Waals surface area (Å²) in [5.74, 6) is 0.350. The van der Waals surface area contributed by atoms with Gasteiger partial charge >= 0.3 is 7.32 Å². The quantitative estimate of drug-likeness (QED) is 0.820. The van der Waals surface area contributed by atoms with Gasteiger partial charge in [-0.25, -0.2) is 0 Å². The van der Waals surface area contributed by atoms with E-state index in [-0.39, 0.29) is 0 Å². The van der Waals surface area contributed by atoms with Crippen molar-refractivity contribution in [1.29, 1.82) is 0 Å². The average Bonchev–Trinajstić information content (AvgIpc) is 2.32. The molecule has 0 heterocycles. The Bertz CT molecular complexity index is 502. The van der Waals surface area contributed by atoms with Crippen LogP contribution in [0, 0.1) is 0 Å². The monoisotopic (exact) mass is 248 g/mol. The molecule has 0 radical (unpaired) electrons. The number of hydrogen-bond donors (Lipinski definition) is 2. The van der Waals surface area contributed by atoms with Gasteiger partial charge in [-0.15, -0.1) is 0 Å². The lowest BCUT2D eigenvalue weighted by atomic mass is 10.1. The van der Waals surface area contributed by atoms with E-state index >= 15 is 0 Å². The summed E-state index contributed by atoms with van der Waals surface area (Å²) in [7, 11) is -1.83. The fourth-order valence-electron chi connectivity index (χ4n) is 1.54. The van der Waals surface area contributed by atoms with Crippen LogP contribution in [-0.4, -0.2) is 17.4 Å². The van der Waals surface area contributed by atoms with Crippen molar-refractivity contribution < 1.29 is 14.7 Å². The van der Waals surface area contributed by atoms with Crippen LogP contribution in [-0.2, 0) is 0 Å². The normalized spacial score (nSPS) is 10.1. The van der Waals surface area contributed by atoms with Crippen molar-refractivity contribution in [3.8, 4) is 16.9 Å². The van der Waals surface area contributed by atoms with E-state index in [1.54, 1.807) is 18.2 Å². The molecule has 0 aromatic heterocycles. The van der Waals surface area contributed by atoms with Gasteiger partial charge in [0.2, 0.25) is 0 Å². The van der Waals surface area contributed by atoms with Crippen molar-refractivity contribution in [2.75, 3.05) is 0 Å². The van der Waals surface area contributed by atoms with Crippen molar-refractivity contribution in [1.82, 2.24) is 0 Å². The molecule has 3 nitrogen and oxygen atoms in total. The molecule has 0 spiro atoms. The molecule has 0 aliphatic carbocycles. The molecule has 0 unspecified atom stereocenters. The second-order valence-electron chi connectivity index (χ2n) is 3.45. The second kappa shape index (κ2) is 5.23. The minimum absolute atomic E-state index is 0.350. The van der Waals surface area contributed by atoms with Crippen molar-refractivity contribution in [3.05, 3.63) is 53.6 Å². The fraction of sp³-hybridized carbons (Fsp3) is 0. The highest BCUT2D eigenvalue weighted by molar-refractivity contribution is 6.34. The van der Waals surface area contributed by atoms with Crippen LogP contribution in [0.25, 0.3) is 11.1 Å². The van der Waals surface area contributed by atoms with Crippen LogP contribution in [0.1, 0.15) is 0 Å². The van der Waals surface area contributed by atoms with Gasteiger partial charge in [0.05, 0.1) is 0 Å². The van der Waals surface area contributed by atoms with Crippen LogP contribution in [0.15, 0.2) is 48.5 Å². The highest BCUT2D eigenvalue weighted by Gasteiger charge is 2.12. The molecule has 0 aliphatic heterocycles. The first kappa shape index (κ1) is 12.0. The Labute approximate surface area is 104 Å². The van der Waals surface area contributed by atoms with E-state index in [1.165, 1.54) is 0 Å². The molecule has 0 amide bonds. The summed E-state index contributed by atoms with van der Waals surface area (Å²) in [6, 6.07) is 14.4. The van der Waals surface area contributed by atoms with Gasteiger partial charge in [0.15, 0.2) is 0 Å². The number of benzene rings is 2. The third-order valence-corrected chi connectivity index (χ3v) is 2.59. The molecule has 0 bridgehead atoms. The zero-order valence-corrected chi connectivity index (χ0v) is 9.63. The highest BCUT2D eigenvalue weighted by atomic mass is 35.5. The van der Waals surface area contributed by atoms with Gasteiger partial charge in [0.1, 0.15) is 5.75 Å². The Morgan fingerprint density at radius 3 is 2.35 bits per heavy atom. The predicted molar refractivity (Wildman–Crippen MR) is 67.7 cm³/mol. The van der Waals surface area contributed by atoms with Crippen LogP contribution < -0.4 is 4.65 Å². The summed E-state index contributed by atoms with van der Waals surface area (Å²) in [5, 5.41) is 18.1. The Morgan fingerprint density at radius 2 is 1.71 bits per heavy atom. The lowest BCUT2D eigenvalue weighted by molar-refractivity contribution is 0.288. The molecule has 5 heteroatoms. The van der Waals surface area contributed by atoms with Crippen LogP contribution >= 0.6 is 11.6 Å². The van der Waals surface area contributed by atoms with Crippen molar-refractivity contribution >= 4 is 18.9 Å². The SMILES string of the molecule is OB(O)Oc1ccc(Cl)c(-c2ccccc2)c1. The Kier molecular flexibility index (Phi) is 3.69. The molecule has 0 saturated heterocycles. The van der Waals surface area contributed by atoms with Gasteiger partial charge < -0.3 is 14.7 Å². The molecule has 2 N–H and O–H groups in total. The van der Waals surface area contributed by atoms with Crippen molar-refractivity contribution in [2.45, 2.75) is 0 Å². The maximum Gasteiger partial charge on any atom is 0.707 e. The summed E-state index contributed by atoms with van der Waals surface area (Å²) in [4.78, 5) is 0. The molecule has 86 valence electrons. The van der Waals surface area contributed by atoms with E-state index in [0.717, 1.165) is 11.1 Å². The summed E-state index contributed by atoms with van der Waals surface area (Å²) in [6.07, 6.45) is 0. The van der Waals surface area contributed by atoms with E-state index in [0.29, 0.717) is 10.8 Å². The van der Waals surface area contributed by atoms with Crippen LogP contribution in [0.5, 0.6) is 5.75 Å². The average molecular weight is 248 g/mol. The first-order valence-corrected chi connectivity index (χ1v) is 5.42. The van der Waals surface area contributed by atoms with Gasteiger partial charge in [0, 0.05) is 10.6 Å². The van der Waals surface area contributed by atoms with Gasteiger partial charge in [0.25, 0.3) is 0 Å². The van der Waals surface area contributed by atoms with Gasteiger partial charge in [-0.3, -0.25) is 0 Å². The first-order valence-electron chi connectivity index (χ1n) is 5.04. The molecule has 17 heavy (non-hydrogen) atoms. The van der Waals surface area contributed by atoms with Crippen molar-refractivity contribution in [3.63, 3.8) is 0 Å². The molecule has 2 rings (SSSR count). The highest BCUT2D eigenvalue weighted by Crippen LogP contribution is 2.31. The molecule has 0 fully saturated rings. The van der Waals surface area contributed by atoms with E-state index in [4.69, 9.17) is 26.3 Å². The van der Waals surface area contributed by atoms with Gasteiger partial charge in [-0.1, -0.05) is 41.9 Å². The number of halogens is 1. The molecule has 0 aliphatic rings. The van der Waals surface area contributed by atoms with Gasteiger partial charge in [-0.2, -0.15) is 0 Å². The van der Waals surface area contributed by atoms with E-state index in [9.17, 15) is 0 Å². The van der Waals surface area contributed by atoms with Gasteiger partial charge in [-0.05, 0) is 23.8 Å². The Morgan fingerprint density at radius 1 is 1.00 bits per heavy atom. The van der Waals surface area contributed by atoms with E-state index in [1.807, 2.05) is 30.3 Å². The first-order chi connectivity index (χ1) is 8.16. The minimum Gasteiger partial charge on any atom is -0.512 e. The number of hydrogen-bond acceptors (Lipinski definition) is 3. The molecule has 0 atom stereocenters. The maximum atomic E-state index is 8.74. The smallest absolute Gasteiger partial charge is 0.512 e. The minimum atomic E-state index is -1.83. The third-order valence-electron chi connectivity index (χ3n) is 2.26. The Balaban J connectivity index is 2.40. The van der Waals surface area contributed by atoms with Crippen molar-refractivity contribution in [2.24, 2.45) is 0 Å². The lowest BCUT2D eigenvalue weighted by Gasteiger charge is -2.09. The van der Waals surface area contributed by atoms with Crippen LogP contribution in [0.3, 0.4) is 0 Å². The van der Waals surface area contributed by atoms with E-state index in [2.05, 4.69) is 0 Å². The largest absolute Gasteiger partial charge is 0.707 e. The third kappa shape index (κ3) is 3.00. The fourth-order valence-corrected chi connectivity index (χ4v) is 1.77. The zero-order chi connectivity index (χ0) is 12.3. The lowest BCUT2D eigenvalue weighted by Crippen LogP contribution is -2.20. The molecule has 2 aromatic rings. The standard InChI is InChI=1S/C12H10BClO3/c14-12-7-6-10(17-13(15)16)8-11(12)9-4-2-1-3-5-9/h1-8,15-16H. The topological polar surface area (TPSA) is 49.7 Å². The van der Waals surface area contributed by atoms with Crippen LogP contribution in [0.4, 0.5) is 0 Å². The zero-order valence-electron chi connectivity index (χ0n) is 8.88. The molecular formula is C12H10BClO3. The second-order valence-corrected chi connectivity index (χ2v) is 3.86. The summed E-state index contributed by atoms with van der Waals surface area (Å²) in [5.41, 5.74) is 1.72. The summed E-state index contributed by atoms with van der Waals surface area (Å²) >= 11 is 6.09. The summed E-state index contributed by atoms with van der Waals surface area (Å²) in [6.45, 7) is 0. The van der Waals surface area contributed by atoms with Crippen LogP contribution in [0.2, 0.25) is 5.02 Å². The number of rotatable bonds is 3. The maximum absolute atomic E-state index is 8.74. The molecule has 0 saturated carbocycles. The molecular weight excluding hydrogens is 238 g/mol. The van der Waals surface area contributed by atoms with E-state index < -0.39 is 7.32 Å².